The van der Waals surface area contributed by atoms with E-state index in [1.165, 1.54) is 12.8 Å². The fraction of sp³-hybridized carbons (Fsp3) is 0.533. The molecular weight excluding hydrogens is 274 g/mol. The number of hydrogen-bond donors (Lipinski definition) is 3. The molecule has 1 fully saturated rings. The van der Waals surface area contributed by atoms with Gasteiger partial charge < -0.3 is 16.8 Å². The lowest BCUT2D eigenvalue weighted by Crippen LogP contribution is -2.26. The van der Waals surface area contributed by atoms with Crippen molar-refractivity contribution in [2.24, 2.45) is 17.6 Å². The second-order valence-electron chi connectivity index (χ2n) is 5.65. The summed E-state index contributed by atoms with van der Waals surface area (Å²) >= 11 is 6.22. The molecule has 0 heterocycles. The van der Waals surface area contributed by atoms with Crippen LogP contribution in [-0.4, -0.2) is 11.9 Å². The van der Waals surface area contributed by atoms with E-state index >= 15 is 0 Å². The van der Waals surface area contributed by atoms with Crippen LogP contribution in [0.3, 0.4) is 0 Å². The number of anilines is 2. The van der Waals surface area contributed by atoms with E-state index < -0.39 is 5.91 Å². The summed E-state index contributed by atoms with van der Waals surface area (Å²) in [5.41, 5.74) is 12.6. The van der Waals surface area contributed by atoms with Crippen LogP contribution >= 0.6 is 11.6 Å². The second-order valence-corrected chi connectivity index (χ2v) is 6.05. The number of nitrogens with two attached hydrogens (primary N) is 2. The van der Waals surface area contributed by atoms with Gasteiger partial charge >= 0.3 is 0 Å². The SMILES string of the molecule is CCC1CCC(Nc2c(Cl)cc(N)cc2C(N)=O)C1C. The third kappa shape index (κ3) is 2.85. The largest absolute Gasteiger partial charge is 0.399 e. The van der Waals surface area contributed by atoms with Crippen molar-refractivity contribution in [2.75, 3.05) is 11.1 Å². The first-order valence-electron chi connectivity index (χ1n) is 7.09. The summed E-state index contributed by atoms with van der Waals surface area (Å²) in [6.45, 7) is 4.46. The van der Waals surface area contributed by atoms with E-state index in [9.17, 15) is 4.79 Å². The number of hydrogen-bond acceptors (Lipinski definition) is 3. The van der Waals surface area contributed by atoms with Crippen LogP contribution in [-0.2, 0) is 0 Å². The molecule has 0 spiro atoms. The monoisotopic (exact) mass is 295 g/mol. The first-order valence-corrected chi connectivity index (χ1v) is 7.47. The molecule has 5 N–H and O–H groups in total. The van der Waals surface area contributed by atoms with E-state index in [4.69, 9.17) is 23.1 Å². The molecule has 0 radical (unpaired) electrons. The molecule has 1 aromatic carbocycles. The van der Waals surface area contributed by atoms with Crippen LogP contribution in [0.4, 0.5) is 11.4 Å². The zero-order chi connectivity index (χ0) is 14.9. The van der Waals surface area contributed by atoms with Gasteiger partial charge in [-0.15, -0.1) is 0 Å². The Bertz CT molecular complexity index is 518. The van der Waals surface area contributed by atoms with E-state index in [0.29, 0.717) is 33.9 Å². The van der Waals surface area contributed by atoms with Crippen LogP contribution in [0.25, 0.3) is 0 Å². The van der Waals surface area contributed by atoms with E-state index in [0.717, 1.165) is 12.3 Å². The van der Waals surface area contributed by atoms with E-state index in [1.807, 2.05) is 0 Å². The van der Waals surface area contributed by atoms with Gasteiger partial charge in [0, 0.05) is 11.7 Å². The summed E-state index contributed by atoms with van der Waals surface area (Å²) in [6, 6.07) is 3.54. The molecule has 1 saturated carbocycles. The molecule has 1 aliphatic carbocycles. The quantitative estimate of drug-likeness (QED) is 0.746. The maximum Gasteiger partial charge on any atom is 0.250 e. The van der Waals surface area contributed by atoms with Gasteiger partial charge in [-0.2, -0.15) is 0 Å². The Morgan fingerprint density at radius 2 is 2.15 bits per heavy atom. The van der Waals surface area contributed by atoms with Gasteiger partial charge in [-0.05, 0) is 36.8 Å². The Kier molecular flexibility index (Phi) is 4.43. The summed E-state index contributed by atoms with van der Waals surface area (Å²) in [5.74, 6) is 0.755. The van der Waals surface area contributed by atoms with Gasteiger partial charge in [-0.1, -0.05) is 31.9 Å². The van der Waals surface area contributed by atoms with Gasteiger partial charge in [-0.3, -0.25) is 4.79 Å². The highest BCUT2D eigenvalue weighted by atomic mass is 35.5. The number of benzene rings is 1. The second kappa shape index (κ2) is 5.92. The molecule has 2 rings (SSSR count). The highest BCUT2D eigenvalue weighted by Crippen LogP contribution is 2.38. The number of nitrogens with one attached hydrogen (secondary N) is 1. The molecule has 1 amide bonds. The minimum atomic E-state index is -0.514. The Morgan fingerprint density at radius 3 is 2.70 bits per heavy atom. The lowest BCUT2D eigenvalue weighted by Gasteiger charge is -2.24. The smallest absolute Gasteiger partial charge is 0.250 e. The zero-order valence-electron chi connectivity index (χ0n) is 11.9. The van der Waals surface area contributed by atoms with Crippen molar-refractivity contribution >= 4 is 28.9 Å². The third-order valence-electron chi connectivity index (χ3n) is 4.46. The number of halogens is 1. The molecule has 0 aromatic heterocycles. The van der Waals surface area contributed by atoms with Crippen molar-refractivity contribution in [1.82, 2.24) is 0 Å². The van der Waals surface area contributed by atoms with E-state index in [2.05, 4.69) is 19.2 Å². The number of carbonyl (C=O) groups is 1. The molecule has 1 aliphatic rings. The van der Waals surface area contributed by atoms with Gasteiger partial charge in [0.05, 0.1) is 16.3 Å². The predicted molar refractivity (Wildman–Crippen MR) is 84.0 cm³/mol. The number of nitrogen functional groups attached to an aromatic ring is 1. The Labute approximate surface area is 124 Å². The Balaban J connectivity index is 2.28. The maximum absolute atomic E-state index is 11.6. The number of primary amides is 1. The number of carbonyl (C=O) groups excluding carboxylic acids is 1. The highest BCUT2D eigenvalue weighted by molar-refractivity contribution is 6.34. The van der Waals surface area contributed by atoms with Crippen molar-refractivity contribution in [1.29, 1.82) is 0 Å². The minimum Gasteiger partial charge on any atom is -0.399 e. The third-order valence-corrected chi connectivity index (χ3v) is 4.76. The molecule has 3 unspecified atom stereocenters. The van der Waals surface area contributed by atoms with Gasteiger partial charge in [0.25, 0.3) is 5.91 Å². The Morgan fingerprint density at radius 1 is 1.45 bits per heavy atom. The lowest BCUT2D eigenvalue weighted by molar-refractivity contribution is 0.100. The molecule has 0 saturated heterocycles. The van der Waals surface area contributed by atoms with Crippen molar-refractivity contribution in [2.45, 2.75) is 39.2 Å². The molecule has 1 aromatic rings. The molecule has 0 bridgehead atoms. The zero-order valence-corrected chi connectivity index (χ0v) is 12.7. The van der Waals surface area contributed by atoms with Crippen molar-refractivity contribution < 1.29 is 4.79 Å². The molecule has 5 heteroatoms. The molecular formula is C15H22ClN3O. The summed E-state index contributed by atoms with van der Waals surface area (Å²) in [5, 5.41) is 3.86. The molecule has 4 nitrogen and oxygen atoms in total. The van der Waals surface area contributed by atoms with Crippen LogP contribution in [0.5, 0.6) is 0 Å². The van der Waals surface area contributed by atoms with Crippen LogP contribution in [0.2, 0.25) is 5.02 Å². The van der Waals surface area contributed by atoms with Crippen LogP contribution in [0, 0.1) is 11.8 Å². The fourth-order valence-electron chi connectivity index (χ4n) is 3.18. The number of amides is 1. The van der Waals surface area contributed by atoms with Crippen LogP contribution in [0.1, 0.15) is 43.5 Å². The van der Waals surface area contributed by atoms with Gasteiger partial charge in [0.15, 0.2) is 0 Å². The van der Waals surface area contributed by atoms with Crippen molar-refractivity contribution in [3.63, 3.8) is 0 Å². The fourth-order valence-corrected chi connectivity index (χ4v) is 3.46. The summed E-state index contributed by atoms with van der Waals surface area (Å²) in [4.78, 5) is 11.6. The molecule has 20 heavy (non-hydrogen) atoms. The summed E-state index contributed by atoms with van der Waals surface area (Å²) in [7, 11) is 0. The standard InChI is InChI=1S/C15H22ClN3O/c1-3-9-4-5-13(8(9)2)19-14-11(15(18)20)6-10(17)7-12(14)16/h6-9,13,19H,3-5,17H2,1-2H3,(H2,18,20). The minimum absolute atomic E-state index is 0.319. The Hall–Kier alpha value is -1.42. The normalized spacial score (nSPS) is 25.6. The number of rotatable bonds is 4. The molecule has 3 atom stereocenters. The average Bonchev–Trinajstić information content (AvgIpc) is 2.73. The van der Waals surface area contributed by atoms with Crippen molar-refractivity contribution in [3.8, 4) is 0 Å². The van der Waals surface area contributed by atoms with Crippen LogP contribution in [0.15, 0.2) is 12.1 Å². The maximum atomic E-state index is 11.6. The average molecular weight is 296 g/mol. The van der Waals surface area contributed by atoms with Gasteiger partial charge in [0.2, 0.25) is 0 Å². The van der Waals surface area contributed by atoms with Gasteiger partial charge in [0.1, 0.15) is 0 Å². The summed E-state index contributed by atoms with van der Waals surface area (Å²) < 4.78 is 0. The highest BCUT2D eigenvalue weighted by Gasteiger charge is 2.32. The summed E-state index contributed by atoms with van der Waals surface area (Å²) in [6.07, 6.45) is 3.46. The first-order chi connectivity index (χ1) is 9.43. The lowest BCUT2D eigenvalue weighted by atomic mass is 9.93. The first kappa shape index (κ1) is 15.0. The van der Waals surface area contributed by atoms with Crippen LogP contribution < -0.4 is 16.8 Å². The topological polar surface area (TPSA) is 81.1 Å². The molecule has 0 aliphatic heterocycles. The molecule has 110 valence electrons. The van der Waals surface area contributed by atoms with Crippen molar-refractivity contribution in [3.05, 3.63) is 22.7 Å². The van der Waals surface area contributed by atoms with Gasteiger partial charge in [-0.25, -0.2) is 0 Å². The van der Waals surface area contributed by atoms with E-state index in [-0.39, 0.29) is 0 Å². The van der Waals surface area contributed by atoms with E-state index in [1.54, 1.807) is 12.1 Å². The predicted octanol–water partition coefficient (Wildman–Crippen LogP) is 3.26.